The van der Waals surface area contributed by atoms with Gasteiger partial charge in [0.25, 0.3) is 5.69 Å². The third kappa shape index (κ3) is 5.32. The lowest BCUT2D eigenvalue weighted by molar-refractivity contribution is -0.384. The van der Waals surface area contributed by atoms with Crippen molar-refractivity contribution >= 4 is 29.6 Å². The highest BCUT2D eigenvalue weighted by molar-refractivity contribution is 6.33. The minimum atomic E-state index is -0.697. The molecule has 2 rings (SSSR count). The number of furan rings is 1. The van der Waals surface area contributed by atoms with Crippen molar-refractivity contribution in [1.29, 1.82) is 0 Å². The zero-order chi connectivity index (χ0) is 18.6. The summed E-state index contributed by atoms with van der Waals surface area (Å²) in [6.07, 6.45) is 0.579. The van der Waals surface area contributed by atoms with E-state index in [2.05, 4.69) is 10.5 Å². The first-order valence-electron chi connectivity index (χ1n) is 7.22. The highest BCUT2D eigenvalue weighted by Gasteiger charge is 2.16. The maximum Gasteiger partial charge on any atom is 0.428 e. The molecule has 0 radical (unpaired) electrons. The van der Waals surface area contributed by atoms with E-state index >= 15 is 0 Å². The molecule has 0 bridgehead atoms. The molecule has 1 aromatic heterocycles. The normalized spacial score (nSPS) is 11.5. The fourth-order valence-corrected chi connectivity index (χ4v) is 2.04. The van der Waals surface area contributed by atoms with E-state index in [1.807, 2.05) is 0 Å². The van der Waals surface area contributed by atoms with Crippen LogP contribution in [0.1, 0.15) is 26.5 Å². The average molecular weight is 366 g/mol. The van der Waals surface area contributed by atoms with Gasteiger partial charge >= 0.3 is 6.09 Å². The number of hydrogen-bond acceptors (Lipinski definition) is 6. The number of halogens is 1. The average Bonchev–Trinajstić information content (AvgIpc) is 2.94. The first-order chi connectivity index (χ1) is 11.7. The van der Waals surface area contributed by atoms with Crippen LogP contribution in [0.4, 0.5) is 10.5 Å². The molecule has 0 atom stereocenters. The van der Waals surface area contributed by atoms with Crippen molar-refractivity contribution in [2.45, 2.75) is 26.4 Å². The molecule has 8 nitrogen and oxygen atoms in total. The summed E-state index contributed by atoms with van der Waals surface area (Å²) in [6.45, 7) is 5.20. The Labute approximate surface area is 148 Å². The van der Waals surface area contributed by atoms with Crippen LogP contribution in [0.2, 0.25) is 5.02 Å². The number of ether oxygens (including phenoxy) is 1. The standard InChI is InChI=1S/C16H16ClN3O5/c1-16(2,3)25-15(21)19-18-9-11-5-7-14(24-11)12-8-10(20(22)23)4-6-13(12)17/h4-9H,1-3H3,(H,19,21). The predicted octanol–water partition coefficient (Wildman–Crippen LogP) is 4.37. The molecular weight excluding hydrogens is 350 g/mol. The topological polar surface area (TPSA) is 107 Å². The minimum Gasteiger partial charge on any atom is -0.455 e. The van der Waals surface area contributed by atoms with Crippen molar-refractivity contribution < 1.29 is 18.9 Å². The van der Waals surface area contributed by atoms with Crippen LogP contribution in [-0.2, 0) is 4.74 Å². The highest BCUT2D eigenvalue weighted by atomic mass is 35.5. The van der Waals surface area contributed by atoms with Gasteiger partial charge in [-0.3, -0.25) is 10.1 Å². The van der Waals surface area contributed by atoms with Crippen LogP contribution in [0.15, 0.2) is 39.9 Å². The molecule has 1 N–H and O–H groups in total. The number of nitro benzene ring substituents is 1. The lowest BCUT2D eigenvalue weighted by Crippen LogP contribution is -2.29. The summed E-state index contributed by atoms with van der Waals surface area (Å²) in [5.74, 6) is 0.668. The lowest BCUT2D eigenvalue weighted by atomic mass is 10.1. The summed E-state index contributed by atoms with van der Waals surface area (Å²) in [6, 6.07) is 7.24. The van der Waals surface area contributed by atoms with Gasteiger partial charge in [0.05, 0.1) is 16.2 Å². The zero-order valence-corrected chi connectivity index (χ0v) is 14.5. The zero-order valence-electron chi connectivity index (χ0n) is 13.8. The Balaban J connectivity index is 2.10. The third-order valence-corrected chi connectivity index (χ3v) is 3.13. The largest absolute Gasteiger partial charge is 0.455 e. The number of nitro groups is 1. The number of hydrogen-bond donors (Lipinski definition) is 1. The van der Waals surface area contributed by atoms with Crippen molar-refractivity contribution in [2.24, 2.45) is 5.10 Å². The van der Waals surface area contributed by atoms with Gasteiger partial charge in [0.2, 0.25) is 0 Å². The summed E-state index contributed by atoms with van der Waals surface area (Å²) in [5, 5.41) is 14.9. The molecule has 9 heteroatoms. The second kappa shape index (κ2) is 7.35. The molecule has 0 saturated carbocycles. The Hall–Kier alpha value is -2.87. The number of rotatable bonds is 4. The van der Waals surface area contributed by atoms with Gasteiger partial charge in [0.1, 0.15) is 17.1 Å². The van der Waals surface area contributed by atoms with Gasteiger partial charge in [-0.15, -0.1) is 0 Å². The van der Waals surface area contributed by atoms with Crippen LogP contribution in [0.3, 0.4) is 0 Å². The summed E-state index contributed by atoms with van der Waals surface area (Å²) >= 11 is 6.06. The van der Waals surface area contributed by atoms with Gasteiger partial charge in [-0.1, -0.05) is 11.6 Å². The van der Waals surface area contributed by atoms with E-state index < -0.39 is 16.6 Å². The van der Waals surface area contributed by atoms with E-state index in [1.54, 1.807) is 32.9 Å². The molecule has 2 aromatic rings. The van der Waals surface area contributed by atoms with Gasteiger partial charge in [0.15, 0.2) is 0 Å². The number of non-ortho nitro benzene ring substituents is 1. The number of carbonyl (C=O) groups is 1. The molecule has 1 aromatic carbocycles. The number of benzene rings is 1. The fourth-order valence-electron chi connectivity index (χ4n) is 1.83. The Bertz CT molecular complexity index is 823. The SMILES string of the molecule is CC(C)(C)OC(=O)NN=Cc1ccc(-c2cc([N+](=O)[O-])ccc2Cl)o1. The van der Waals surface area contributed by atoms with Gasteiger partial charge < -0.3 is 9.15 Å². The molecule has 0 aliphatic carbocycles. The smallest absolute Gasteiger partial charge is 0.428 e. The number of nitrogens with zero attached hydrogens (tertiary/aromatic N) is 2. The summed E-state index contributed by atoms with van der Waals surface area (Å²) < 4.78 is 10.5. The minimum absolute atomic E-state index is 0.0994. The fraction of sp³-hybridized carbons (Fsp3) is 0.250. The van der Waals surface area contributed by atoms with Crippen LogP contribution >= 0.6 is 11.6 Å². The quantitative estimate of drug-likeness (QED) is 0.492. The number of carbonyl (C=O) groups excluding carboxylic acids is 1. The second-order valence-electron chi connectivity index (χ2n) is 6.00. The van der Waals surface area contributed by atoms with E-state index in [4.69, 9.17) is 20.8 Å². The van der Waals surface area contributed by atoms with Gasteiger partial charge in [-0.25, -0.2) is 10.2 Å². The molecule has 0 saturated heterocycles. The summed E-state index contributed by atoms with van der Waals surface area (Å²) in [5.41, 5.74) is 1.86. The predicted molar refractivity (Wildman–Crippen MR) is 92.8 cm³/mol. The van der Waals surface area contributed by atoms with Gasteiger partial charge in [-0.05, 0) is 39.0 Å². The van der Waals surface area contributed by atoms with Gasteiger partial charge in [-0.2, -0.15) is 5.10 Å². The molecule has 1 amide bonds. The second-order valence-corrected chi connectivity index (χ2v) is 6.40. The van der Waals surface area contributed by atoms with Crippen molar-refractivity contribution in [2.75, 3.05) is 0 Å². The van der Waals surface area contributed by atoms with Gasteiger partial charge in [0, 0.05) is 17.7 Å². The van der Waals surface area contributed by atoms with Crippen molar-refractivity contribution in [3.8, 4) is 11.3 Å². The maximum atomic E-state index is 11.5. The monoisotopic (exact) mass is 365 g/mol. The molecule has 0 fully saturated rings. The van der Waals surface area contributed by atoms with E-state index in [9.17, 15) is 14.9 Å². The highest BCUT2D eigenvalue weighted by Crippen LogP contribution is 2.32. The third-order valence-electron chi connectivity index (χ3n) is 2.80. The number of hydrazone groups is 1. The molecule has 0 aliphatic rings. The molecule has 1 heterocycles. The Kier molecular flexibility index (Phi) is 5.43. The van der Waals surface area contributed by atoms with Crippen LogP contribution in [0.25, 0.3) is 11.3 Å². The Morgan fingerprint density at radius 3 is 2.72 bits per heavy atom. The first kappa shape index (κ1) is 18.5. The maximum absolute atomic E-state index is 11.5. The van der Waals surface area contributed by atoms with E-state index in [1.165, 1.54) is 24.4 Å². The molecule has 0 unspecified atom stereocenters. The molecule has 0 aliphatic heterocycles. The van der Waals surface area contributed by atoms with E-state index in [-0.39, 0.29) is 5.69 Å². The lowest BCUT2D eigenvalue weighted by Gasteiger charge is -2.18. The number of amides is 1. The van der Waals surface area contributed by atoms with E-state index in [0.29, 0.717) is 22.1 Å². The number of nitrogens with one attached hydrogen (secondary N) is 1. The Morgan fingerprint density at radius 1 is 1.36 bits per heavy atom. The summed E-state index contributed by atoms with van der Waals surface area (Å²) in [4.78, 5) is 21.8. The van der Waals surface area contributed by atoms with Crippen molar-refractivity contribution in [1.82, 2.24) is 5.43 Å². The molecule has 0 spiro atoms. The molecular formula is C16H16ClN3O5. The van der Waals surface area contributed by atoms with Crippen LogP contribution in [0.5, 0.6) is 0 Å². The van der Waals surface area contributed by atoms with Crippen molar-refractivity contribution in [3.63, 3.8) is 0 Å². The molecule has 25 heavy (non-hydrogen) atoms. The first-order valence-corrected chi connectivity index (χ1v) is 7.60. The summed E-state index contributed by atoms with van der Waals surface area (Å²) in [7, 11) is 0. The molecule has 132 valence electrons. The van der Waals surface area contributed by atoms with Crippen LogP contribution < -0.4 is 5.43 Å². The van der Waals surface area contributed by atoms with E-state index in [0.717, 1.165) is 0 Å². The van der Waals surface area contributed by atoms with Crippen molar-refractivity contribution in [3.05, 3.63) is 51.2 Å². The van der Waals surface area contributed by atoms with Crippen LogP contribution in [-0.4, -0.2) is 22.8 Å². The van der Waals surface area contributed by atoms with Crippen LogP contribution in [0, 0.1) is 10.1 Å². The Morgan fingerprint density at radius 2 is 2.08 bits per heavy atom.